The lowest BCUT2D eigenvalue weighted by molar-refractivity contribution is 0.102. The Labute approximate surface area is 105 Å². The summed E-state index contributed by atoms with van der Waals surface area (Å²) in [6.45, 7) is 1.91. The van der Waals surface area contributed by atoms with Gasteiger partial charge in [0.15, 0.2) is 0 Å². The van der Waals surface area contributed by atoms with Crippen LogP contribution in [0.5, 0.6) is 0 Å². The molecule has 82 valence electrons. The minimum atomic E-state index is -0.218. The van der Waals surface area contributed by atoms with Gasteiger partial charge in [0.05, 0.1) is 17.4 Å². The molecule has 2 aromatic heterocycles. The Morgan fingerprint density at radius 2 is 2.31 bits per heavy atom. The molecule has 0 aliphatic carbocycles. The number of nitrogens with one attached hydrogen (secondary N) is 1. The molecule has 0 bridgehead atoms. The van der Waals surface area contributed by atoms with Gasteiger partial charge in [-0.2, -0.15) is 0 Å². The molecule has 0 aliphatic rings. The second-order valence-electron chi connectivity index (χ2n) is 3.16. The van der Waals surface area contributed by atoms with Crippen LogP contribution in [-0.2, 0) is 0 Å². The number of anilines is 1. The topological polar surface area (TPSA) is 54.9 Å². The number of halogens is 1. The maximum absolute atomic E-state index is 11.7. The fraction of sp³-hybridized carbons (Fsp3) is 0.100. The van der Waals surface area contributed by atoms with Gasteiger partial charge in [0.1, 0.15) is 10.3 Å². The molecule has 6 heteroatoms. The zero-order chi connectivity index (χ0) is 11.5. The molecule has 4 nitrogen and oxygen atoms in total. The van der Waals surface area contributed by atoms with E-state index in [0.717, 1.165) is 10.2 Å². The fourth-order valence-electron chi connectivity index (χ4n) is 1.15. The van der Waals surface area contributed by atoms with Crippen LogP contribution in [0, 0.1) is 6.92 Å². The molecule has 0 saturated heterocycles. The number of hydrogen-bond acceptors (Lipinski definition) is 4. The summed E-state index contributed by atoms with van der Waals surface area (Å²) >= 11 is 4.69. The van der Waals surface area contributed by atoms with Crippen LogP contribution in [0.4, 0.5) is 5.69 Å². The van der Waals surface area contributed by atoms with Crippen molar-refractivity contribution in [1.82, 2.24) is 9.97 Å². The number of carbonyl (C=O) groups is 1. The molecule has 2 rings (SSSR count). The van der Waals surface area contributed by atoms with Crippen molar-refractivity contribution in [2.75, 3.05) is 5.32 Å². The first-order chi connectivity index (χ1) is 7.66. The molecule has 1 amide bonds. The van der Waals surface area contributed by atoms with E-state index >= 15 is 0 Å². The summed E-state index contributed by atoms with van der Waals surface area (Å²) in [6, 6.07) is 1.85. The predicted molar refractivity (Wildman–Crippen MR) is 66.7 cm³/mol. The summed E-state index contributed by atoms with van der Waals surface area (Å²) < 4.78 is 0.777. The monoisotopic (exact) mass is 297 g/mol. The SMILES string of the molecule is Cc1cc(NC(=O)c2cscn2)cnc1Br. The van der Waals surface area contributed by atoms with E-state index in [-0.39, 0.29) is 5.91 Å². The average molecular weight is 298 g/mol. The molecule has 2 aromatic rings. The van der Waals surface area contributed by atoms with Gasteiger partial charge in [0.2, 0.25) is 0 Å². The lowest BCUT2D eigenvalue weighted by Crippen LogP contribution is -2.12. The number of aromatic nitrogens is 2. The van der Waals surface area contributed by atoms with Gasteiger partial charge in [-0.1, -0.05) is 0 Å². The number of rotatable bonds is 2. The number of amides is 1. The van der Waals surface area contributed by atoms with Gasteiger partial charge in [-0.05, 0) is 34.5 Å². The molecule has 0 unspecified atom stereocenters. The van der Waals surface area contributed by atoms with Gasteiger partial charge >= 0.3 is 0 Å². The predicted octanol–water partition coefficient (Wildman–Crippen LogP) is 2.86. The maximum atomic E-state index is 11.7. The van der Waals surface area contributed by atoms with Crippen molar-refractivity contribution >= 4 is 38.9 Å². The van der Waals surface area contributed by atoms with Gasteiger partial charge in [-0.15, -0.1) is 11.3 Å². The molecule has 0 saturated carbocycles. The van der Waals surface area contributed by atoms with Crippen molar-refractivity contribution in [3.63, 3.8) is 0 Å². The normalized spacial score (nSPS) is 10.1. The molecule has 0 spiro atoms. The Morgan fingerprint density at radius 3 is 2.94 bits per heavy atom. The summed E-state index contributed by atoms with van der Waals surface area (Å²) in [5.74, 6) is -0.218. The maximum Gasteiger partial charge on any atom is 0.275 e. The van der Waals surface area contributed by atoms with Crippen molar-refractivity contribution in [2.45, 2.75) is 6.92 Å². The Morgan fingerprint density at radius 1 is 1.50 bits per heavy atom. The number of nitrogens with zero attached hydrogens (tertiary/aromatic N) is 2. The van der Waals surface area contributed by atoms with Crippen LogP contribution >= 0.6 is 27.3 Å². The molecule has 0 aromatic carbocycles. The van der Waals surface area contributed by atoms with Crippen molar-refractivity contribution in [3.8, 4) is 0 Å². The number of carbonyl (C=O) groups excluding carboxylic acids is 1. The summed E-state index contributed by atoms with van der Waals surface area (Å²) in [4.78, 5) is 19.7. The molecule has 0 radical (unpaired) electrons. The van der Waals surface area contributed by atoms with Crippen LogP contribution in [0.25, 0.3) is 0 Å². The van der Waals surface area contributed by atoms with E-state index in [1.54, 1.807) is 17.1 Å². The lowest BCUT2D eigenvalue weighted by atomic mass is 10.3. The molecule has 2 heterocycles. The first-order valence-electron chi connectivity index (χ1n) is 4.48. The van der Waals surface area contributed by atoms with E-state index in [4.69, 9.17) is 0 Å². The minimum absolute atomic E-state index is 0.218. The quantitative estimate of drug-likeness (QED) is 0.867. The highest BCUT2D eigenvalue weighted by Crippen LogP contribution is 2.17. The highest BCUT2D eigenvalue weighted by atomic mass is 79.9. The number of pyridine rings is 1. The van der Waals surface area contributed by atoms with Crippen molar-refractivity contribution in [2.24, 2.45) is 0 Å². The van der Waals surface area contributed by atoms with Crippen LogP contribution in [0.3, 0.4) is 0 Å². The van der Waals surface area contributed by atoms with Crippen LogP contribution < -0.4 is 5.32 Å². The van der Waals surface area contributed by atoms with Crippen LogP contribution in [0.1, 0.15) is 16.1 Å². The third-order valence-corrected chi connectivity index (χ3v) is 3.35. The third-order valence-electron chi connectivity index (χ3n) is 1.94. The van der Waals surface area contributed by atoms with E-state index in [2.05, 4.69) is 31.2 Å². The number of thiazole rings is 1. The highest BCUT2D eigenvalue weighted by Gasteiger charge is 2.08. The zero-order valence-electron chi connectivity index (χ0n) is 8.40. The molecule has 0 atom stereocenters. The molecular weight excluding hydrogens is 290 g/mol. The molecule has 0 fully saturated rings. The largest absolute Gasteiger partial charge is 0.319 e. The van der Waals surface area contributed by atoms with Gasteiger partial charge in [-0.25, -0.2) is 9.97 Å². The average Bonchev–Trinajstić information content (AvgIpc) is 2.77. The van der Waals surface area contributed by atoms with E-state index in [0.29, 0.717) is 11.4 Å². The second kappa shape index (κ2) is 4.71. The number of hydrogen-bond donors (Lipinski definition) is 1. The van der Waals surface area contributed by atoms with E-state index in [9.17, 15) is 4.79 Å². The Bertz CT molecular complexity index is 513. The summed E-state index contributed by atoms with van der Waals surface area (Å²) in [7, 11) is 0. The van der Waals surface area contributed by atoms with Crippen molar-refractivity contribution in [3.05, 3.63) is 39.0 Å². The first kappa shape index (κ1) is 11.2. The van der Waals surface area contributed by atoms with Crippen molar-refractivity contribution < 1.29 is 4.79 Å². The summed E-state index contributed by atoms with van der Waals surface area (Å²) in [5.41, 5.74) is 3.68. The fourth-order valence-corrected chi connectivity index (χ4v) is 1.90. The second-order valence-corrected chi connectivity index (χ2v) is 4.63. The first-order valence-corrected chi connectivity index (χ1v) is 6.22. The number of aryl methyl sites for hydroxylation is 1. The van der Waals surface area contributed by atoms with Gasteiger partial charge in [-0.3, -0.25) is 4.79 Å². The Balaban J connectivity index is 2.15. The Kier molecular flexibility index (Phi) is 3.31. The van der Waals surface area contributed by atoms with E-state index < -0.39 is 0 Å². The molecule has 16 heavy (non-hydrogen) atoms. The summed E-state index contributed by atoms with van der Waals surface area (Å²) in [6.07, 6.45) is 1.60. The Hall–Kier alpha value is -1.27. The van der Waals surface area contributed by atoms with Gasteiger partial charge in [0.25, 0.3) is 5.91 Å². The van der Waals surface area contributed by atoms with Gasteiger partial charge < -0.3 is 5.32 Å². The smallest absolute Gasteiger partial charge is 0.275 e. The molecule has 0 aliphatic heterocycles. The standard InChI is InChI=1S/C10H8BrN3OS/c1-6-2-7(3-12-9(6)11)14-10(15)8-4-16-5-13-8/h2-5H,1H3,(H,14,15). The lowest BCUT2D eigenvalue weighted by Gasteiger charge is -2.04. The van der Waals surface area contributed by atoms with Crippen LogP contribution in [0.2, 0.25) is 0 Å². The van der Waals surface area contributed by atoms with Crippen LogP contribution in [0.15, 0.2) is 27.8 Å². The summed E-state index contributed by atoms with van der Waals surface area (Å²) in [5, 5.41) is 4.44. The van der Waals surface area contributed by atoms with Gasteiger partial charge in [0, 0.05) is 5.38 Å². The van der Waals surface area contributed by atoms with Crippen LogP contribution in [-0.4, -0.2) is 15.9 Å². The minimum Gasteiger partial charge on any atom is -0.319 e. The molecule has 1 N–H and O–H groups in total. The van der Waals surface area contributed by atoms with E-state index in [1.165, 1.54) is 11.3 Å². The van der Waals surface area contributed by atoms with E-state index in [1.807, 2.05) is 13.0 Å². The zero-order valence-corrected chi connectivity index (χ0v) is 10.8. The highest BCUT2D eigenvalue weighted by molar-refractivity contribution is 9.10. The molecular formula is C10H8BrN3OS. The third kappa shape index (κ3) is 2.45. The van der Waals surface area contributed by atoms with Crippen molar-refractivity contribution in [1.29, 1.82) is 0 Å².